The molecular weight excluding hydrogens is 262 g/mol. The van der Waals surface area contributed by atoms with Crippen LogP contribution < -0.4 is 11.1 Å². The third-order valence-corrected chi connectivity index (χ3v) is 3.98. The zero-order chi connectivity index (χ0) is 14.6. The lowest BCUT2D eigenvalue weighted by molar-refractivity contribution is -0.128. The third-order valence-electron chi connectivity index (χ3n) is 3.59. The highest BCUT2D eigenvalue weighted by Crippen LogP contribution is 2.27. The number of hydrogen-bond acceptors (Lipinski definition) is 4. The molecule has 6 heteroatoms. The molecule has 5 nitrogen and oxygen atoms in total. The van der Waals surface area contributed by atoms with Gasteiger partial charge >= 0.3 is 0 Å². The van der Waals surface area contributed by atoms with Gasteiger partial charge in [0, 0.05) is 0 Å². The molecule has 19 heavy (non-hydrogen) atoms. The first kappa shape index (κ1) is 15.6. The summed E-state index contributed by atoms with van der Waals surface area (Å²) in [7, 11) is 0. The van der Waals surface area contributed by atoms with Crippen molar-refractivity contribution in [2.24, 2.45) is 11.1 Å². The third kappa shape index (κ3) is 3.12. The standard InChI is InChI=1S/C13H21N3O2S/c1-5-13(6-2,11(14)19)12(17)15-7-10-16-8(3)9(4)18-10/h5-7H2,1-4H3,(H2,14,19)(H,15,17). The van der Waals surface area contributed by atoms with Gasteiger partial charge in [0.2, 0.25) is 11.8 Å². The van der Waals surface area contributed by atoms with Gasteiger partial charge in [0.15, 0.2) is 0 Å². The van der Waals surface area contributed by atoms with Crippen LogP contribution in [0.3, 0.4) is 0 Å². The molecule has 0 aliphatic carbocycles. The van der Waals surface area contributed by atoms with Crippen molar-refractivity contribution in [3.05, 3.63) is 17.3 Å². The Labute approximate surface area is 119 Å². The van der Waals surface area contributed by atoms with Crippen LogP contribution >= 0.6 is 12.2 Å². The zero-order valence-corrected chi connectivity index (χ0v) is 12.7. The van der Waals surface area contributed by atoms with Crippen LogP contribution in [0.2, 0.25) is 0 Å². The highest BCUT2D eigenvalue weighted by molar-refractivity contribution is 7.80. The molecule has 0 spiro atoms. The number of aryl methyl sites for hydroxylation is 2. The summed E-state index contributed by atoms with van der Waals surface area (Å²) in [5.74, 6) is 1.08. The summed E-state index contributed by atoms with van der Waals surface area (Å²) in [4.78, 5) is 16.7. The Morgan fingerprint density at radius 2 is 2.00 bits per heavy atom. The van der Waals surface area contributed by atoms with Crippen molar-refractivity contribution in [1.82, 2.24) is 10.3 Å². The first-order valence-corrected chi connectivity index (χ1v) is 6.79. The number of nitrogens with two attached hydrogens (primary N) is 1. The minimum atomic E-state index is -0.786. The van der Waals surface area contributed by atoms with Gasteiger partial charge in [-0.05, 0) is 26.7 Å². The van der Waals surface area contributed by atoms with Crippen LogP contribution in [0.4, 0.5) is 0 Å². The van der Waals surface area contributed by atoms with E-state index in [4.69, 9.17) is 22.4 Å². The number of nitrogens with zero attached hydrogens (tertiary/aromatic N) is 1. The largest absolute Gasteiger partial charge is 0.444 e. The zero-order valence-electron chi connectivity index (χ0n) is 11.9. The second-order valence-electron chi connectivity index (χ2n) is 4.59. The predicted molar refractivity (Wildman–Crippen MR) is 77.6 cm³/mol. The van der Waals surface area contributed by atoms with E-state index in [1.54, 1.807) is 0 Å². The van der Waals surface area contributed by atoms with E-state index in [1.165, 1.54) is 0 Å². The Bertz CT molecular complexity index is 459. The first-order chi connectivity index (χ1) is 8.87. The van der Waals surface area contributed by atoms with Crippen molar-refractivity contribution in [1.29, 1.82) is 0 Å². The summed E-state index contributed by atoms with van der Waals surface area (Å²) >= 11 is 5.04. The molecule has 0 saturated heterocycles. The number of amides is 1. The molecule has 0 aliphatic heterocycles. The molecule has 1 aromatic heterocycles. The number of oxazole rings is 1. The van der Waals surface area contributed by atoms with Gasteiger partial charge < -0.3 is 15.5 Å². The molecule has 0 fully saturated rings. The summed E-state index contributed by atoms with van der Waals surface area (Å²) in [6, 6.07) is 0. The van der Waals surface area contributed by atoms with Crippen molar-refractivity contribution in [2.45, 2.75) is 47.1 Å². The Hall–Kier alpha value is -1.43. The van der Waals surface area contributed by atoms with E-state index in [2.05, 4.69) is 10.3 Å². The lowest BCUT2D eigenvalue weighted by Gasteiger charge is -2.28. The van der Waals surface area contributed by atoms with Crippen molar-refractivity contribution in [3.8, 4) is 0 Å². The summed E-state index contributed by atoms with van der Waals surface area (Å²) in [6.07, 6.45) is 1.16. The Morgan fingerprint density at radius 3 is 2.37 bits per heavy atom. The quantitative estimate of drug-likeness (QED) is 0.780. The molecule has 0 radical (unpaired) electrons. The highest BCUT2D eigenvalue weighted by atomic mass is 32.1. The van der Waals surface area contributed by atoms with Gasteiger partial charge in [-0.2, -0.15) is 0 Å². The van der Waals surface area contributed by atoms with Crippen molar-refractivity contribution in [3.63, 3.8) is 0 Å². The topological polar surface area (TPSA) is 81.2 Å². The lowest BCUT2D eigenvalue weighted by atomic mass is 9.81. The van der Waals surface area contributed by atoms with Crippen LogP contribution in [0.25, 0.3) is 0 Å². The van der Waals surface area contributed by atoms with Crippen molar-refractivity contribution < 1.29 is 9.21 Å². The van der Waals surface area contributed by atoms with Crippen LogP contribution in [-0.2, 0) is 11.3 Å². The van der Waals surface area contributed by atoms with Crippen LogP contribution in [0.1, 0.15) is 44.0 Å². The molecule has 3 N–H and O–H groups in total. The maximum absolute atomic E-state index is 12.3. The number of hydrogen-bond donors (Lipinski definition) is 2. The van der Waals surface area contributed by atoms with E-state index in [1.807, 2.05) is 27.7 Å². The van der Waals surface area contributed by atoms with Crippen LogP contribution in [0.15, 0.2) is 4.42 Å². The lowest BCUT2D eigenvalue weighted by Crippen LogP contribution is -2.48. The molecule has 1 amide bonds. The minimum absolute atomic E-state index is 0.168. The van der Waals surface area contributed by atoms with Crippen LogP contribution in [0.5, 0.6) is 0 Å². The number of thiocarbonyl (C=S) groups is 1. The van der Waals surface area contributed by atoms with E-state index >= 15 is 0 Å². The molecular formula is C13H21N3O2S. The maximum atomic E-state index is 12.3. The normalized spacial score (nSPS) is 11.4. The number of carbonyl (C=O) groups is 1. The van der Waals surface area contributed by atoms with Crippen molar-refractivity contribution >= 4 is 23.1 Å². The van der Waals surface area contributed by atoms with Gasteiger partial charge in [0.05, 0.1) is 22.6 Å². The van der Waals surface area contributed by atoms with Crippen LogP contribution in [-0.4, -0.2) is 15.9 Å². The molecule has 0 atom stereocenters. The molecule has 0 unspecified atom stereocenters. The van der Waals surface area contributed by atoms with Gasteiger partial charge in [-0.1, -0.05) is 26.1 Å². The molecule has 1 aromatic rings. The fourth-order valence-electron chi connectivity index (χ4n) is 1.97. The molecule has 0 bridgehead atoms. The van der Waals surface area contributed by atoms with Crippen LogP contribution in [0, 0.1) is 19.3 Å². The average Bonchev–Trinajstić information content (AvgIpc) is 2.68. The molecule has 1 rings (SSSR count). The van der Waals surface area contributed by atoms with Gasteiger partial charge in [-0.25, -0.2) is 4.98 Å². The predicted octanol–water partition coefficient (Wildman–Crippen LogP) is 2.00. The second-order valence-corrected chi connectivity index (χ2v) is 5.03. The Morgan fingerprint density at radius 1 is 1.42 bits per heavy atom. The summed E-state index contributed by atoms with van der Waals surface area (Å²) < 4.78 is 5.42. The van der Waals surface area contributed by atoms with E-state index in [0.29, 0.717) is 18.7 Å². The smallest absolute Gasteiger partial charge is 0.233 e. The van der Waals surface area contributed by atoms with E-state index in [-0.39, 0.29) is 17.4 Å². The monoisotopic (exact) mass is 283 g/mol. The minimum Gasteiger partial charge on any atom is -0.444 e. The van der Waals surface area contributed by atoms with Gasteiger partial charge in [0.25, 0.3) is 0 Å². The number of carbonyl (C=O) groups excluding carboxylic acids is 1. The fourth-order valence-corrected chi connectivity index (χ4v) is 2.35. The molecule has 1 heterocycles. The molecule has 106 valence electrons. The van der Waals surface area contributed by atoms with Gasteiger partial charge in [-0.15, -0.1) is 0 Å². The molecule has 0 saturated carbocycles. The summed E-state index contributed by atoms with van der Waals surface area (Å²) in [6.45, 7) is 7.76. The van der Waals surface area contributed by atoms with E-state index < -0.39 is 5.41 Å². The molecule has 0 aromatic carbocycles. The first-order valence-electron chi connectivity index (χ1n) is 6.38. The van der Waals surface area contributed by atoms with Crippen molar-refractivity contribution in [2.75, 3.05) is 0 Å². The number of rotatable bonds is 6. The van der Waals surface area contributed by atoms with E-state index in [0.717, 1.165) is 11.5 Å². The number of nitrogens with one attached hydrogen (secondary N) is 1. The Balaban J connectivity index is 2.76. The SMILES string of the molecule is CCC(CC)(C(=O)NCc1nc(C)c(C)o1)C(N)=S. The Kier molecular flexibility index (Phi) is 5.05. The number of aromatic nitrogens is 1. The second kappa shape index (κ2) is 6.14. The molecule has 0 aliphatic rings. The van der Waals surface area contributed by atoms with Gasteiger partial charge in [0.1, 0.15) is 5.76 Å². The van der Waals surface area contributed by atoms with E-state index in [9.17, 15) is 4.79 Å². The average molecular weight is 283 g/mol. The summed E-state index contributed by atoms with van der Waals surface area (Å²) in [5, 5.41) is 2.80. The van der Waals surface area contributed by atoms with Gasteiger partial charge in [-0.3, -0.25) is 4.79 Å². The fraction of sp³-hybridized carbons (Fsp3) is 0.615. The summed E-state index contributed by atoms with van der Waals surface area (Å²) in [5.41, 5.74) is 5.77. The highest BCUT2D eigenvalue weighted by Gasteiger charge is 2.37. The maximum Gasteiger partial charge on any atom is 0.233 e.